The summed E-state index contributed by atoms with van der Waals surface area (Å²) >= 11 is 0. The van der Waals surface area contributed by atoms with Crippen molar-refractivity contribution in [2.24, 2.45) is 16.5 Å². The van der Waals surface area contributed by atoms with E-state index in [-0.39, 0.29) is 11.1 Å². The minimum absolute atomic E-state index is 0.00469. The number of fused-ring (bicyclic) bond motifs is 2. The van der Waals surface area contributed by atoms with E-state index in [4.69, 9.17) is 25.7 Å². The Kier molecular flexibility index (Phi) is 30.9. The molecular formula is C63H90N14O23. The average molecular weight is 1410 g/mol. The molecule has 4 heterocycles. The number of aliphatic imine (C=N–C) groups is 1. The second-order valence-electron chi connectivity index (χ2n) is 24.0. The summed E-state index contributed by atoms with van der Waals surface area (Å²) in [5.74, 6) is -16.2. The van der Waals surface area contributed by atoms with Crippen LogP contribution in [0.25, 0.3) is 0 Å². The Morgan fingerprint density at radius 3 is 2.17 bits per heavy atom. The number of aliphatic hydroxyl groups is 6. The molecule has 0 aromatic heterocycles. The number of allylic oxidation sites excluding steroid dienone is 5. The summed E-state index contributed by atoms with van der Waals surface area (Å²) in [7, 11) is 1.02. The molecule has 22 N–H and O–H groups in total. The van der Waals surface area contributed by atoms with Gasteiger partial charge in [0.1, 0.15) is 83.5 Å². The van der Waals surface area contributed by atoms with E-state index in [1.54, 1.807) is 6.08 Å². The fourth-order valence-electron chi connectivity index (χ4n) is 10.7. The highest BCUT2D eigenvalue weighted by molar-refractivity contribution is 6.17. The highest BCUT2D eigenvalue weighted by Gasteiger charge is 2.49. The number of hydrogen-bond donors (Lipinski definition) is 20. The molecule has 1 aromatic rings. The third kappa shape index (κ3) is 22.7. The van der Waals surface area contributed by atoms with Gasteiger partial charge in [-0.1, -0.05) is 75.1 Å². The molecule has 1 saturated heterocycles. The lowest BCUT2D eigenvalue weighted by molar-refractivity contribution is -0.283. The number of aromatic hydroxyl groups is 1. The summed E-state index contributed by atoms with van der Waals surface area (Å²) in [5.41, 5.74) is 6.10. The Labute approximate surface area is 573 Å². The summed E-state index contributed by atoms with van der Waals surface area (Å²) in [6, 6.07) is -11.9. The van der Waals surface area contributed by atoms with Gasteiger partial charge in [-0.05, 0) is 64.7 Å². The van der Waals surface area contributed by atoms with E-state index in [0.29, 0.717) is 6.42 Å². The Morgan fingerprint density at radius 1 is 0.820 bits per heavy atom. The normalized spacial score (nSPS) is 28.1. The number of nitrogens with zero attached hydrogens (tertiary/aromatic N) is 1. The maximum Gasteiger partial charge on any atom is 0.343 e. The standard InChI is InChI=1S/C63H90N14O23/c1-7-10-11-12-13-14-15-16-17-18-41(100-61-50(87)48(85)40(81)28-99-61)49(86)60(96)70-34(9-3)52(88)73-45-29(4)67-56(92)37-26-63(98-6)51(76-62(97)77-63)32-23-31(19-21-38(32)79)24-36(71-59(95)46(30(5)78)74-58(45)94)55(91)69-33(8-2)53(89)75-47(39(80)25-43(65)83)57(93)66-27-44(84)68-35(54(90)72-37)20-22-42(64)82/h8-9,15-19,21,23,29-30,35-37,39-41,45-50,61,78-81,85-87H,7,10-14,20,22,24-28H2,1-6H3,(H2,64,82)(H2,65,83)(H,66,93)(H,67,92)(H,68,84)(H,69,91)(H,70,96)(H,71,95)(H,72,90)(H,73,88)(H,74,94)(H,75,89)(H,77,97)/b16-15+,18-17+,33-8-,34-9+/t29-,30+,35+,36-,37-,39-,40+,41+,45-,46+,47+,48-,49-,50-,61+,63+/m0/s1. The van der Waals surface area contributed by atoms with Crippen LogP contribution in [-0.4, -0.2) is 236 Å². The van der Waals surface area contributed by atoms with Crippen LogP contribution in [0.2, 0.25) is 0 Å². The number of nitrogens with one attached hydrogen (secondary N) is 11. The lowest BCUT2D eigenvalue weighted by atomic mass is 9.90. The van der Waals surface area contributed by atoms with Gasteiger partial charge in [-0.2, -0.15) is 4.99 Å². The van der Waals surface area contributed by atoms with Crippen LogP contribution in [0.15, 0.2) is 71.0 Å². The molecule has 4 bridgehead atoms. The molecule has 0 aliphatic carbocycles. The van der Waals surface area contributed by atoms with E-state index < -0.39 is 242 Å². The third-order valence-corrected chi connectivity index (χ3v) is 16.3. The van der Waals surface area contributed by atoms with Gasteiger partial charge in [0.05, 0.1) is 37.8 Å². The first-order valence-corrected chi connectivity index (χ1v) is 32.2. The lowest BCUT2D eigenvalue weighted by Crippen LogP contribution is -2.65. The van der Waals surface area contributed by atoms with Gasteiger partial charge >= 0.3 is 6.03 Å². The zero-order chi connectivity index (χ0) is 74.3. The molecule has 5 rings (SSSR count). The maximum absolute atomic E-state index is 15.2. The number of phenolic OH excluding ortho intramolecular Hbond substituents is 1. The molecule has 4 aliphatic rings. The number of rotatable bonds is 23. The third-order valence-electron chi connectivity index (χ3n) is 16.3. The molecule has 4 aliphatic heterocycles. The number of unbranched alkanes of at least 4 members (excludes halogenated alkanes) is 5. The van der Waals surface area contributed by atoms with Gasteiger partial charge in [0.2, 0.25) is 53.2 Å². The number of aliphatic hydroxyl groups excluding tert-OH is 6. The van der Waals surface area contributed by atoms with E-state index >= 15 is 9.59 Å². The predicted octanol–water partition coefficient (Wildman–Crippen LogP) is -6.68. The number of nitrogens with two attached hydrogens (primary N) is 2. The van der Waals surface area contributed by atoms with Crippen molar-refractivity contribution in [3.63, 3.8) is 0 Å². The van der Waals surface area contributed by atoms with Crippen LogP contribution in [0.3, 0.4) is 0 Å². The van der Waals surface area contributed by atoms with Crippen molar-refractivity contribution >= 4 is 82.6 Å². The number of benzene rings is 1. The summed E-state index contributed by atoms with van der Waals surface area (Å²) in [6.07, 6.45) is -5.24. The van der Waals surface area contributed by atoms with E-state index in [1.807, 2.05) is 6.08 Å². The number of carbonyl (C=O) groups excluding carboxylic acids is 13. The van der Waals surface area contributed by atoms with Crippen LogP contribution in [0, 0.1) is 0 Å². The topological polar surface area (TPSA) is 588 Å². The molecule has 37 nitrogen and oxygen atoms in total. The molecule has 16 atom stereocenters. The first-order chi connectivity index (χ1) is 47.3. The number of amides is 14. The molecule has 0 radical (unpaired) electrons. The average Bonchev–Trinajstić information content (AvgIpc) is 1.58. The SMILES string of the molecule is C/C=C1\NC(=O)[C@@H]2Cc3ccc(O)c(c3)C3=NC(=O)N[C@@]3(OC)C[C@H](NC(=O)[C@@H](CCC(N)=O)NC(=O)CNC(=O)[C@@H]([C@@H](O)CC(N)=O)NC1=O)C(=O)N[C@@H](C)[C@H](NC(=O)/C(=C\C)NC(=O)[C@@H](O)[C@@H](/C=C/C=C/CCCCCCC)O[C@H]1OC[C@@H](O)[C@H](O)[C@@H]1O)C(=O)N[C@H]([C@@H](C)O)C(=O)N2. The van der Waals surface area contributed by atoms with Crippen molar-refractivity contribution in [3.8, 4) is 5.75 Å². The van der Waals surface area contributed by atoms with Crippen LogP contribution < -0.4 is 70.0 Å². The van der Waals surface area contributed by atoms with Crippen molar-refractivity contribution in [3.05, 3.63) is 77.2 Å². The van der Waals surface area contributed by atoms with Crippen molar-refractivity contribution in [1.29, 1.82) is 0 Å². The lowest BCUT2D eigenvalue weighted by Gasteiger charge is -2.36. The van der Waals surface area contributed by atoms with Crippen LogP contribution in [0.1, 0.15) is 110 Å². The fraction of sp³-hybridized carbons (Fsp3) is 0.556. The van der Waals surface area contributed by atoms with Gasteiger partial charge in [-0.25, -0.2) is 4.79 Å². The summed E-state index contributed by atoms with van der Waals surface area (Å²) in [5, 5.41) is 102. The Bertz CT molecular complexity index is 3360. The fourth-order valence-corrected chi connectivity index (χ4v) is 10.7. The number of phenols is 1. The zero-order valence-electron chi connectivity index (χ0n) is 55.8. The van der Waals surface area contributed by atoms with Gasteiger partial charge in [0, 0.05) is 31.9 Å². The molecule has 0 unspecified atom stereocenters. The molecule has 550 valence electrons. The van der Waals surface area contributed by atoms with Crippen molar-refractivity contribution < 1.29 is 112 Å². The van der Waals surface area contributed by atoms with Gasteiger partial charge < -0.3 is 120 Å². The maximum atomic E-state index is 15.2. The van der Waals surface area contributed by atoms with E-state index in [2.05, 4.69) is 70.4 Å². The number of hydrogen-bond acceptors (Lipinski definition) is 23. The first kappa shape index (κ1) is 81.1. The largest absolute Gasteiger partial charge is 0.507 e. The molecule has 37 heteroatoms. The number of primary amides is 2. The molecule has 1 aromatic carbocycles. The summed E-state index contributed by atoms with van der Waals surface area (Å²) < 4.78 is 17.0. The molecule has 100 heavy (non-hydrogen) atoms. The highest BCUT2D eigenvalue weighted by atomic mass is 16.7. The number of urea groups is 1. The summed E-state index contributed by atoms with van der Waals surface area (Å²) in [6.45, 7) is 5.03. The van der Waals surface area contributed by atoms with Gasteiger partial charge in [0.15, 0.2) is 18.1 Å². The van der Waals surface area contributed by atoms with Crippen molar-refractivity contribution in [1.82, 2.24) is 58.5 Å². The zero-order valence-corrected chi connectivity index (χ0v) is 55.8. The molecular weight excluding hydrogens is 1320 g/mol. The monoisotopic (exact) mass is 1410 g/mol. The Balaban J connectivity index is 1.68. The molecule has 1 fully saturated rings. The van der Waals surface area contributed by atoms with E-state index in [9.17, 15) is 88.5 Å². The van der Waals surface area contributed by atoms with E-state index in [0.717, 1.165) is 71.3 Å². The van der Waals surface area contributed by atoms with Gasteiger partial charge in [0.25, 0.3) is 17.7 Å². The molecule has 14 amide bonds. The second-order valence-corrected chi connectivity index (χ2v) is 24.0. The van der Waals surface area contributed by atoms with Crippen molar-refractivity contribution in [2.45, 2.75) is 202 Å². The number of methoxy groups -OCH3 is 1. The van der Waals surface area contributed by atoms with Crippen LogP contribution >= 0.6 is 0 Å². The van der Waals surface area contributed by atoms with E-state index in [1.165, 1.54) is 38.1 Å². The predicted molar refractivity (Wildman–Crippen MR) is 347 cm³/mol. The summed E-state index contributed by atoms with van der Waals surface area (Å²) in [4.78, 5) is 187. The van der Waals surface area contributed by atoms with Gasteiger partial charge in [-0.15, -0.1) is 0 Å². The van der Waals surface area contributed by atoms with Crippen LogP contribution in [-0.2, 0) is 78.2 Å². The minimum atomic E-state index is -2.40. The van der Waals surface area contributed by atoms with Crippen molar-refractivity contribution in [2.75, 3.05) is 20.3 Å². The minimum Gasteiger partial charge on any atom is -0.507 e. The number of ether oxygens (including phenoxy) is 3. The van der Waals surface area contributed by atoms with Crippen LogP contribution in [0.4, 0.5) is 4.79 Å². The van der Waals surface area contributed by atoms with Crippen LogP contribution in [0.5, 0.6) is 5.75 Å². The number of carbonyl (C=O) groups is 13. The van der Waals surface area contributed by atoms with Gasteiger partial charge in [-0.3, -0.25) is 57.5 Å². The molecule has 0 spiro atoms. The first-order valence-electron chi connectivity index (χ1n) is 32.2. The Hall–Kier alpha value is -9.60. The molecule has 0 saturated carbocycles. The Morgan fingerprint density at radius 2 is 1.52 bits per heavy atom. The quantitative estimate of drug-likeness (QED) is 0.0275. The second kappa shape index (κ2) is 38.1. The smallest absolute Gasteiger partial charge is 0.343 e. The highest BCUT2D eigenvalue weighted by Crippen LogP contribution is 2.32.